The number of aliphatic hydroxyl groups is 1. The maximum absolute atomic E-state index is 12.6. The largest absolute Gasteiger partial charge is 0.394 e. The fourth-order valence-electron chi connectivity index (χ4n) is 2.17. The molecule has 2 heterocycles. The van der Waals surface area contributed by atoms with Crippen molar-refractivity contribution in [3.8, 4) is 0 Å². The van der Waals surface area contributed by atoms with Crippen molar-refractivity contribution in [2.75, 3.05) is 38.2 Å². The Balaban J connectivity index is 2.11. The molecule has 1 saturated heterocycles. The van der Waals surface area contributed by atoms with E-state index < -0.39 is 0 Å². The summed E-state index contributed by atoms with van der Waals surface area (Å²) in [6.45, 7) is 4.23. The lowest BCUT2D eigenvalue weighted by molar-refractivity contribution is -0.0447. The van der Waals surface area contributed by atoms with Crippen LogP contribution in [0.25, 0.3) is 0 Å². The zero-order valence-corrected chi connectivity index (χ0v) is 11.7. The van der Waals surface area contributed by atoms with E-state index in [2.05, 4.69) is 17.2 Å². The van der Waals surface area contributed by atoms with Crippen LogP contribution in [0.1, 0.15) is 23.7 Å². The summed E-state index contributed by atoms with van der Waals surface area (Å²) in [5.74, 6) is -0.0484. The van der Waals surface area contributed by atoms with E-state index in [1.54, 1.807) is 23.4 Å². The Labute approximate surface area is 118 Å². The Bertz CT molecular complexity index is 453. The summed E-state index contributed by atoms with van der Waals surface area (Å²) in [5, 5.41) is 12.4. The zero-order chi connectivity index (χ0) is 14.4. The highest BCUT2D eigenvalue weighted by atomic mass is 16.5. The van der Waals surface area contributed by atoms with Crippen LogP contribution in [-0.4, -0.2) is 59.8 Å². The summed E-state index contributed by atoms with van der Waals surface area (Å²) in [6.07, 6.45) is 3.98. The number of aliphatic hydroxyl groups excluding tert-OH is 1. The number of anilines is 1. The Morgan fingerprint density at radius 1 is 1.65 bits per heavy atom. The van der Waals surface area contributed by atoms with Gasteiger partial charge in [0.05, 0.1) is 36.8 Å². The second kappa shape index (κ2) is 7.21. The van der Waals surface area contributed by atoms with E-state index >= 15 is 0 Å². The molecule has 1 amide bonds. The molecular formula is C14H21N3O3. The minimum Gasteiger partial charge on any atom is -0.394 e. The van der Waals surface area contributed by atoms with E-state index in [-0.39, 0.29) is 18.6 Å². The Morgan fingerprint density at radius 2 is 2.50 bits per heavy atom. The van der Waals surface area contributed by atoms with E-state index in [4.69, 9.17) is 9.84 Å². The molecule has 0 bridgehead atoms. The molecular weight excluding hydrogens is 258 g/mol. The molecule has 1 aliphatic heterocycles. The highest BCUT2D eigenvalue weighted by molar-refractivity contribution is 5.99. The van der Waals surface area contributed by atoms with E-state index in [1.807, 2.05) is 0 Å². The Morgan fingerprint density at radius 3 is 3.25 bits per heavy atom. The molecule has 6 nitrogen and oxygen atoms in total. The molecule has 2 N–H and O–H groups in total. The monoisotopic (exact) mass is 279 g/mol. The maximum atomic E-state index is 12.6. The molecule has 0 aromatic carbocycles. The van der Waals surface area contributed by atoms with Crippen LogP contribution in [0, 0.1) is 0 Å². The quantitative estimate of drug-likeness (QED) is 0.831. The molecule has 1 atom stereocenters. The van der Waals surface area contributed by atoms with Crippen LogP contribution in [0.5, 0.6) is 0 Å². The number of amides is 1. The summed E-state index contributed by atoms with van der Waals surface area (Å²) >= 11 is 0. The van der Waals surface area contributed by atoms with Gasteiger partial charge in [0.1, 0.15) is 0 Å². The second-order valence-electron chi connectivity index (χ2n) is 4.77. The first-order chi connectivity index (χ1) is 9.76. The van der Waals surface area contributed by atoms with Crippen molar-refractivity contribution in [1.29, 1.82) is 0 Å². The molecule has 20 heavy (non-hydrogen) atoms. The predicted molar refractivity (Wildman–Crippen MR) is 75.7 cm³/mol. The van der Waals surface area contributed by atoms with Crippen molar-refractivity contribution >= 4 is 11.6 Å². The van der Waals surface area contributed by atoms with E-state index in [0.717, 1.165) is 18.7 Å². The third-order valence-corrected chi connectivity index (χ3v) is 3.25. The van der Waals surface area contributed by atoms with Gasteiger partial charge in [0.25, 0.3) is 5.91 Å². The SMILES string of the molecule is CCCNc1cnccc1C(=O)N1CCOC(CO)C1. The van der Waals surface area contributed by atoms with Gasteiger partial charge in [0.2, 0.25) is 0 Å². The van der Waals surface area contributed by atoms with E-state index in [1.165, 1.54) is 0 Å². The van der Waals surface area contributed by atoms with Crippen LogP contribution < -0.4 is 5.32 Å². The lowest BCUT2D eigenvalue weighted by atomic mass is 10.1. The first-order valence-corrected chi connectivity index (χ1v) is 6.96. The highest BCUT2D eigenvalue weighted by Crippen LogP contribution is 2.17. The molecule has 1 aliphatic rings. The van der Waals surface area contributed by atoms with Gasteiger partial charge >= 0.3 is 0 Å². The van der Waals surface area contributed by atoms with Gasteiger partial charge in [0.15, 0.2) is 0 Å². The molecule has 0 spiro atoms. The van der Waals surface area contributed by atoms with E-state index in [9.17, 15) is 4.79 Å². The smallest absolute Gasteiger partial charge is 0.256 e. The van der Waals surface area contributed by atoms with Crippen LogP contribution in [0.15, 0.2) is 18.5 Å². The van der Waals surface area contributed by atoms with Gasteiger partial charge in [-0.2, -0.15) is 0 Å². The third kappa shape index (κ3) is 3.46. The van der Waals surface area contributed by atoms with Gasteiger partial charge < -0.3 is 20.1 Å². The summed E-state index contributed by atoms with van der Waals surface area (Å²) in [7, 11) is 0. The van der Waals surface area contributed by atoms with Crippen LogP contribution in [-0.2, 0) is 4.74 Å². The fraction of sp³-hybridized carbons (Fsp3) is 0.571. The number of ether oxygens (including phenoxy) is 1. The first-order valence-electron chi connectivity index (χ1n) is 6.96. The van der Waals surface area contributed by atoms with Crippen molar-refractivity contribution in [2.45, 2.75) is 19.4 Å². The van der Waals surface area contributed by atoms with Gasteiger partial charge in [-0.15, -0.1) is 0 Å². The second-order valence-corrected chi connectivity index (χ2v) is 4.77. The summed E-state index contributed by atoms with van der Waals surface area (Å²) in [5.41, 5.74) is 1.37. The standard InChI is InChI=1S/C14H21N3O3/c1-2-4-16-13-8-15-5-3-12(13)14(19)17-6-7-20-11(9-17)10-18/h3,5,8,11,16,18H,2,4,6-7,9-10H2,1H3. The summed E-state index contributed by atoms with van der Waals surface area (Å²) in [4.78, 5) is 18.3. The molecule has 0 radical (unpaired) electrons. The Kier molecular flexibility index (Phi) is 5.31. The number of hydrogen-bond acceptors (Lipinski definition) is 5. The summed E-state index contributed by atoms with van der Waals surface area (Å²) < 4.78 is 5.37. The number of morpholine rings is 1. The van der Waals surface area contributed by atoms with Crippen molar-refractivity contribution in [3.63, 3.8) is 0 Å². The van der Waals surface area contributed by atoms with Crippen LogP contribution in [0.2, 0.25) is 0 Å². The maximum Gasteiger partial charge on any atom is 0.256 e. The van der Waals surface area contributed by atoms with E-state index in [0.29, 0.717) is 25.3 Å². The van der Waals surface area contributed by atoms with Gasteiger partial charge in [-0.05, 0) is 12.5 Å². The normalized spacial score (nSPS) is 18.9. The van der Waals surface area contributed by atoms with Crippen molar-refractivity contribution in [1.82, 2.24) is 9.88 Å². The van der Waals surface area contributed by atoms with Crippen LogP contribution in [0.3, 0.4) is 0 Å². The predicted octanol–water partition coefficient (Wildman–Crippen LogP) is 0.737. The minimum atomic E-state index is -0.290. The third-order valence-electron chi connectivity index (χ3n) is 3.25. The highest BCUT2D eigenvalue weighted by Gasteiger charge is 2.25. The molecule has 1 aromatic rings. The molecule has 0 saturated carbocycles. The number of nitrogens with one attached hydrogen (secondary N) is 1. The number of nitrogens with zero attached hydrogens (tertiary/aromatic N) is 2. The number of pyridine rings is 1. The number of rotatable bonds is 5. The Hall–Kier alpha value is -1.66. The average molecular weight is 279 g/mol. The molecule has 1 fully saturated rings. The summed E-state index contributed by atoms with van der Waals surface area (Å²) in [6, 6.07) is 1.73. The van der Waals surface area contributed by atoms with Crippen molar-refractivity contribution in [3.05, 3.63) is 24.0 Å². The topological polar surface area (TPSA) is 74.7 Å². The molecule has 0 aliphatic carbocycles. The zero-order valence-electron chi connectivity index (χ0n) is 11.7. The van der Waals surface area contributed by atoms with Crippen molar-refractivity contribution in [2.24, 2.45) is 0 Å². The van der Waals surface area contributed by atoms with Crippen LogP contribution >= 0.6 is 0 Å². The molecule has 110 valence electrons. The molecule has 1 unspecified atom stereocenters. The van der Waals surface area contributed by atoms with Gasteiger partial charge in [-0.25, -0.2) is 0 Å². The van der Waals surface area contributed by atoms with Gasteiger partial charge in [-0.1, -0.05) is 6.92 Å². The fourth-order valence-corrected chi connectivity index (χ4v) is 2.17. The first kappa shape index (κ1) is 14.7. The van der Waals surface area contributed by atoms with Gasteiger partial charge in [-0.3, -0.25) is 9.78 Å². The lowest BCUT2D eigenvalue weighted by Gasteiger charge is -2.32. The number of carbonyl (C=O) groups excluding carboxylic acids is 1. The molecule has 6 heteroatoms. The molecule has 1 aromatic heterocycles. The van der Waals surface area contributed by atoms with Crippen LogP contribution in [0.4, 0.5) is 5.69 Å². The number of carbonyl (C=O) groups is 1. The lowest BCUT2D eigenvalue weighted by Crippen LogP contribution is -2.47. The van der Waals surface area contributed by atoms with Gasteiger partial charge in [0, 0.05) is 25.8 Å². The molecule has 2 rings (SSSR count). The average Bonchev–Trinajstić information content (AvgIpc) is 2.52. The number of aromatic nitrogens is 1. The number of hydrogen-bond donors (Lipinski definition) is 2. The van der Waals surface area contributed by atoms with Crippen molar-refractivity contribution < 1.29 is 14.6 Å². The minimum absolute atomic E-state index is 0.0484.